The average Bonchev–Trinajstić information content (AvgIpc) is 3.70. The van der Waals surface area contributed by atoms with Crippen LogP contribution in [0.5, 0.6) is 11.5 Å². The largest absolute Gasteiger partial charge is 0.454 e. The van der Waals surface area contributed by atoms with Crippen LogP contribution in [0.15, 0.2) is 69.9 Å². The molecule has 10 nitrogen and oxygen atoms in total. The average molecular weight is 606 g/mol. The molecule has 4 heterocycles. The lowest BCUT2D eigenvalue weighted by Gasteiger charge is -2.36. The number of thiophene rings is 1. The van der Waals surface area contributed by atoms with Crippen LogP contribution in [0.4, 0.5) is 5.69 Å². The Morgan fingerprint density at radius 1 is 1.00 bits per heavy atom. The van der Waals surface area contributed by atoms with Crippen LogP contribution in [0, 0.1) is 0 Å². The normalized spacial score (nSPS) is 14.4. The van der Waals surface area contributed by atoms with Crippen LogP contribution in [0.3, 0.4) is 0 Å². The number of hydrogen-bond donors (Lipinski definition) is 1. The number of para-hydroxylation sites is 1. The fraction of sp³-hybridized carbons (Fsp3) is 0.333. The molecule has 4 aromatic rings. The molecule has 2 aromatic heterocycles. The number of benzene rings is 2. The number of thioether (sulfide) groups is 1. The van der Waals surface area contributed by atoms with E-state index < -0.39 is 0 Å². The number of anilines is 1. The van der Waals surface area contributed by atoms with E-state index in [4.69, 9.17) is 14.5 Å². The Bertz CT molecular complexity index is 1630. The second kappa shape index (κ2) is 12.9. The Morgan fingerprint density at radius 2 is 1.81 bits per heavy atom. The number of hydrogen-bond acceptors (Lipinski definition) is 9. The number of fused-ring (bicyclic) bond motifs is 2. The van der Waals surface area contributed by atoms with Gasteiger partial charge >= 0.3 is 0 Å². The van der Waals surface area contributed by atoms with Gasteiger partial charge in [-0.05, 0) is 47.7 Å². The van der Waals surface area contributed by atoms with Crippen molar-refractivity contribution in [3.8, 4) is 11.5 Å². The first-order valence-corrected chi connectivity index (χ1v) is 15.8. The molecular weight excluding hydrogens is 574 g/mol. The lowest BCUT2D eigenvalue weighted by atomic mass is 10.2. The van der Waals surface area contributed by atoms with Crippen molar-refractivity contribution in [1.29, 1.82) is 0 Å². The minimum Gasteiger partial charge on any atom is -0.454 e. The number of rotatable bonds is 10. The lowest BCUT2D eigenvalue weighted by molar-refractivity contribution is -0.128. The molecule has 0 unspecified atom stereocenters. The first-order chi connectivity index (χ1) is 20.5. The maximum atomic E-state index is 13.3. The molecule has 0 saturated carbocycles. The van der Waals surface area contributed by atoms with E-state index in [0.29, 0.717) is 59.5 Å². The molecule has 0 radical (unpaired) electrons. The van der Waals surface area contributed by atoms with E-state index in [1.165, 1.54) is 23.1 Å². The quantitative estimate of drug-likeness (QED) is 0.215. The molecule has 12 heteroatoms. The van der Waals surface area contributed by atoms with Gasteiger partial charge in [0.2, 0.25) is 18.6 Å². The number of carbonyl (C=O) groups excluding carboxylic acids is 2. The monoisotopic (exact) mass is 605 g/mol. The summed E-state index contributed by atoms with van der Waals surface area (Å²) in [6.07, 6.45) is 0.725. The Morgan fingerprint density at radius 3 is 2.64 bits per heavy atom. The van der Waals surface area contributed by atoms with E-state index in [2.05, 4.69) is 22.3 Å². The lowest BCUT2D eigenvalue weighted by Crippen LogP contribution is -2.49. The predicted octanol–water partition coefficient (Wildman–Crippen LogP) is 3.72. The fourth-order valence-electron chi connectivity index (χ4n) is 5.04. The number of amides is 2. The molecule has 0 atom stereocenters. The van der Waals surface area contributed by atoms with Gasteiger partial charge in [-0.3, -0.25) is 19.0 Å². The van der Waals surface area contributed by atoms with Crippen molar-refractivity contribution < 1.29 is 19.1 Å². The molecule has 1 fully saturated rings. The van der Waals surface area contributed by atoms with E-state index in [0.717, 1.165) is 24.3 Å². The van der Waals surface area contributed by atoms with Crippen molar-refractivity contribution in [2.45, 2.75) is 31.1 Å². The van der Waals surface area contributed by atoms with E-state index in [1.807, 2.05) is 52.7 Å². The van der Waals surface area contributed by atoms with Crippen LogP contribution in [0.2, 0.25) is 0 Å². The molecule has 0 aliphatic carbocycles. The van der Waals surface area contributed by atoms with Crippen molar-refractivity contribution in [3.63, 3.8) is 0 Å². The first-order valence-electron chi connectivity index (χ1n) is 13.9. The van der Waals surface area contributed by atoms with E-state index in [9.17, 15) is 14.4 Å². The zero-order chi connectivity index (χ0) is 28.9. The standard InChI is InChI=1S/C30H31N5O5S2/c36-26(31-18-21-8-9-24-25(17-21)40-20-39-24)7-4-11-35-29(38)28-23(10-16-41-28)32-30(35)42-19-27(37)34-14-12-33(13-15-34)22-5-2-1-3-6-22/h1-3,5-6,8-10,16-17H,4,7,11-15,18-20H2,(H,31,36). The van der Waals surface area contributed by atoms with Crippen molar-refractivity contribution in [2.24, 2.45) is 0 Å². The maximum Gasteiger partial charge on any atom is 0.272 e. The van der Waals surface area contributed by atoms with Crippen LogP contribution < -0.4 is 25.2 Å². The third-order valence-corrected chi connectivity index (χ3v) is 9.17. The fourth-order valence-corrected chi connectivity index (χ4v) is 6.75. The summed E-state index contributed by atoms with van der Waals surface area (Å²) < 4.78 is 12.9. The number of piperazine rings is 1. The summed E-state index contributed by atoms with van der Waals surface area (Å²) in [5, 5.41) is 5.27. The molecule has 2 aromatic carbocycles. The van der Waals surface area contributed by atoms with Gasteiger partial charge in [-0.1, -0.05) is 36.0 Å². The van der Waals surface area contributed by atoms with Gasteiger partial charge in [0.15, 0.2) is 16.7 Å². The Kier molecular flexibility index (Phi) is 8.61. The van der Waals surface area contributed by atoms with Crippen LogP contribution in [0.1, 0.15) is 18.4 Å². The van der Waals surface area contributed by atoms with Crippen molar-refractivity contribution in [2.75, 3.05) is 43.6 Å². The Labute approximate surface area is 251 Å². The second-order valence-electron chi connectivity index (χ2n) is 10.0. The van der Waals surface area contributed by atoms with Crippen molar-refractivity contribution in [1.82, 2.24) is 19.8 Å². The van der Waals surface area contributed by atoms with Gasteiger partial charge < -0.3 is 24.6 Å². The summed E-state index contributed by atoms with van der Waals surface area (Å²) in [5.41, 5.74) is 2.58. The van der Waals surface area contributed by atoms with Gasteiger partial charge in [-0.25, -0.2) is 4.98 Å². The molecule has 2 aliphatic rings. The SMILES string of the molecule is O=C(CCCn1c(SCC(=O)N2CCN(c3ccccc3)CC2)nc2ccsc2c1=O)NCc1ccc2c(c1)OCO2. The highest BCUT2D eigenvalue weighted by Gasteiger charge is 2.22. The van der Waals surface area contributed by atoms with Crippen LogP contribution >= 0.6 is 23.1 Å². The molecule has 0 bridgehead atoms. The van der Waals surface area contributed by atoms with E-state index in [-0.39, 0.29) is 36.3 Å². The molecule has 0 spiro atoms. The zero-order valence-corrected chi connectivity index (χ0v) is 24.6. The second-order valence-corrected chi connectivity index (χ2v) is 11.9. The van der Waals surface area contributed by atoms with Crippen LogP contribution in [-0.2, 0) is 22.7 Å². The smallest absolute Gasteiger partial charge is 0.272 e. The summed E-state index contributed by atoms with van der Waals surface area (Å²) in [6, 6.07) is 17.6. The number of ether oxygens (including phenoxy) is 2. The molecule has 1 N–H and O–H groups in total. The molecule has 218 valence electrons. The highest BCUT2D eigenvalue weighted by molar-refractivity contribution is 7.99. The predicted molar refractivity (Wildman–Crippen MR) is 163 cm³/mol. The molecule has 2 aliphatic heterocycles. The minimum atomic E-state index is -0.137. The minimum absolute atomic E-state index is 0.0295. The summed E-state index contributed by atoms with van der Waals surface area (Å²) in [4.78, 5) is 47.8. The Hall–Kier alpha value is -4.03. The third kappa shape index (κ3) is 6.39. The summed E-state index contributed by atoms with van der Waals surface area (Å²) >= 11 is 2.64. The number of nitrogens with zero attached hydrogens (tertiary/aromatic N) is 4. The molecule has 1 saturated heterocycles. The highest BCUT2D eigenvalue weighted by atomic mass is 32.2. The van der Waals surface area contributed by atoms with Gasteiger partial charge in [-0.15, -0.1) is 11.3 Å². The maximum absolute atomic E-state index is 13.3. The Balaban J connectivity index is 1.03. The van der Waals surface area contributed by atoms with Crippen molar-refractivity contribution >= 4 is 50.8 Å². The van der Waals surface area contributed by atoms with Gasteiger partial charge in [-0.2, -0.15) is 0 Å². The molecule has 42 heavy (non-hydrogen) atoms. The van der Waals surface area contributed by atoms with Crippen LogP contribution in [-0.4, -0.2) is 65.0 Å². The summed E-state index contributed by atoms with van der Waals surface area (Å²) in [5.74, 6) is 1.50. The number of carbonyl (C=O) groups is 2. The third-order valence-electron chi connectivity index (χ3n) is 7.32. The van der Waals surface area contributed by atoms with Gasteiger partial charge in [0.1, 0.15) is 4.70 Å². The van der Waals surface area contributed by atoms with E-state index >= 15 is 0 Å². The summed E-state index contributed by atoms with van der Waals surface area (Å²) in [6.45, 7) is 3.78. The van der Waals surface area contributed by atoms with Gasteiger partial charge in [0.25, 0.3) is 5.56 Å². The van der Waals surface area contributed by atoms with Crippen molar-refractivity contribution in [3.05, 3.63) is 75.9 Å². The topological polar surface area (TPSA) is 106 Å². The van der Waals surface area contributed by atoms with Crippen LogP contribution in [0.25, 0.3) is 10.2 Å². The highest BCUT2D eigenvalue weighted by Crippen LogP contribution is 2.32. The zero-order valence-electron chi connectivity index (χ0n) is 23.0. The van der Waals surface area contributed by atoms with Gasteiger partial charge in [0.05, 0.1) is 11.3 Å². The number of nitrogens with one attached hydrogen (secondary N) is 1. The summed E-state index contributed by atoms with van der Waals surface area (Å²) in [7, 11) is 0. The molecule has 2 amide bonds. The first kappa shape index (κ1) is 28.1. The van der Waals surface area contributed by atoms with Gasteiger partial charge in [0, 0.05) is 51.4 Å². The molecular formula is C30H31N5O5S2. The molecule has 6 rings (SSSR count). The number of aromatic nitrogens is 2. The van der Waals surface area contributed by atoms with E-state index in [1.54, 1.807) is 4.57 Å².